The van der Waals surface area contributed by atoms with E-state index in [4.69, 9.17) is 0 Å². The van der Waals surface area contributed by atoms with Crippen molar-refractivity contribution in [3.8, 4) is 0 Å². The van der Waals surface area contributed by atoms with Gasteiger partial charge in [0.05, 0.1) is 12.6 Å². The molecule has 0 radical (unpaired) electrons. The average Bonchev–Trinajstić information content (AvgIpc) is 2.83. The summed E-state index contributed by atoms with van der Waals surface area (Å²) >= 11 is 5.12. The van der Waals surface area contributed by atoms with Crippen molar-refractivity contribution in [3.05, 3.63) is 20.8 Å². The summed E-state index contributed by atoms with van der Waals surface area (Å²) in [6.45, 7) is 6.54. The summed E-state index contributed by atoms with van der Waals surface area (Å²) in [6, 6.07) is 2.04. The van der Waals surface area contributed by atoms with Gasteiger partial charge in [-0.15, -0.1) is 11.3 Å². The number of nitrogens with zero attached hydrogens (tertiary/aromatic N) is 2. The molecule has 2 heterocycles. The van der Waals surface area contributed by atoms with Crippen molar-refractivity contribution in [1.82, 2.24) is 15.1 Å². The van der Waals surface area contributed by atoms with E-state index < -0.39 is 0 Å². The number of hydrogen-bond acceptors (Lipinski definition) is 4. The monoisotopic (exact) mass is 345 g/mol. The lowest BCUT2D eigenvalue weighted by atomic mass is 10.2. The fourth-order valence-corrected chi connectivity index (χ4v) is 3.80. The van der Waals surface area contributed by atoms with Gasteiger partial charge in [0.25, 0.3) is 0 Å². The topological polar surface area (TPSA) is 35.6 Å². The minimum atomic E-state index is -0.0319. The highest BCUT2D eigenvalue weighted by atomic mass is 79.9. The standard InChI is InChI=1S/C13H20BrN3OS/c1-10(17-5-3-15-4-6-17)13(18)16(2)8-12-7-11(14)9-19-12/h7,9-10,15H,3-6,8H2,1-2H3. The van der Waals surface area contributed by atoms with Crippen LogP contribution in [0.15, 0.2) is 15.9 Å². The molecule has 6 heteroatoms. The van der Waals surface area contributed by atoms with E-state index in [1.165, 1.54) is 4.88 Å². The van der Waals surface area contributed by atoms with Crippen molar-refractivity contribution in [2.45, 2.75) is 19.5 Å². The summed E-state index contributed by atoms with van der Waals surface area (Å²) < 4.78 is 1.09. The SMILES string of the molecule is CC(C(=O)N(C)Cc1cc(Br)cs1)N1CCNCC1. The van der Waals surface area contributed by atoms with E-state index in [0.29, 0.717) is 6.54 Å². The number of carbonyl (C=O) groups excluding carboxylic acids is 1. The number of nitrogens with one attached hydrogen (secondary N) is 1. The Kier molecular flexibility index (Phi) is 5.38. The van der Waals surface area contributed by atoms with E-state index in [1.807, 2.05) is 24.3 Å². The van der Waals surface area contributed by atoms with Gasteiger partial charge in [-0.25, -0.2) is 0 Å². The number of hydrogen-bond donors (Lipinski definition) is 1. The van der Waals surface area contributed by atoms with Gasteiger partial charge < -0.3 is 10.2 Å². The Balaban J connectivity index is 1.90. The normalized spacial score (nSPS) is 18.3. The Hall–Kier alpha value is -0.430. The van der Waals surface area contributed by atoms with Crippen molar-refractivity contribution in [3.63, 3.8) is 0 Å². The molecule has 4 nitrogen and oxygen atoms in total. The minimum Gasteiger partial charge on any atom is -0.339 e. The summed E-state index contributed by atoms with van der Waals surface area (Å²) in [4.78, 5) is 17.7. The van der Waals surface area contributed by atoms with Gasteiger partial charge in [-0.2, -0.15) is 0 Å². The third-order valence-electron chi connectivity index (χ3n) is 3.45. The molecule has 1 unspecified atom stereocenters. The number of likely N-dealkylation sites (N-methyl/N-ethyl adjacent to an activating group) is 1. The van der Waals surface area contributed by atoms with E-state index >= 15 is 0 Å². The second-order valence-corrected chi connectivity index (χ2v) is 6.80. The molecule has 0 bridgehead atoms. The molecule has 2 rings (SSSR count). The molecule has 19 heavy (non-hydrogen) atoms. The molecule has 106 valence electrons. The maximum atomic E-state index is 12.4. The molecular weight excluding hydrogens is 326 g/mol. The van der Waals surface area contributed by atoms with Crippen molar-refractivity contribution < 1.29 is 4.79 Å². The molecule has 1 aliphatic heterocycles. The number of halogens is 1. The molecule has 0 saturated carbocycles. The second kappa shape index (κ2) is 6.83. The summed E-state index contributed by atoms with van der Waals surface area (Å²) in [5.74, 6) is 0.200. The predicted molar refractivity (Wildman–Crippen MR) is 82.4 cm³/mol. The van der Waals surface area contributed by atoms with Crippen LogP contribution in [0.1, 0.15) is 11.8 Å². The highest BCUT2D eigenvalue weighted by Crippen LogP contribution is 2.21. The van der Waals surface area contributed by atoms with Crippen LogP contribution in [-0.2, 0) is 11.3 Å². The van der Waals surface area contributed by atoms with Crippen LogP contribution in [0.25, 0.3) is 0 Å². The van der Waals surface area contributed by atoms with E-state index in [9.17, 15) is 4.79 Å². The fourth-order valence-electron chi connectivity index (χ4n) is 2.29. The number of thiophene rings is 1. The first-order chi connectivity index (χ1) is 9.08. The van der Waals surface area contributed by atoms with E-state index in [-0.39, 0.29) is 11.9 Å². The number of amides is 1. The minimum absolute atomic E-state index is 0.0319. The summed E-state index contributed by atoms with van der Waals surface area (Å²) in [5, 5.41) is 5.36. The number of rotatable bonds is 4. The van der Waals surface area contributed by atoms with Gasteiger partial charge in [0, 0.05) is 48.0 Å². The van der Waals surface area contributed by atoms with Gasteiger partial charge >= 0.3 is 0 Å². The molecule has 1 aromatic rings. The molecule has 1 amide bonds. The van der Waals surface area contributed by atoms with Gasteiger partial charge in [-0.3, -0.25) is 9.69 Å². The van der Waals surface area contributed by atoms with Crippen molar-refractivity contribution in [2.75, 3.05) is 33.2 Å². The lowest BCUT2D eigenvalue weighted by Crippen LogP contribution is -2.52. The van der Waals surface area contributed by atoms with Crippen LogP contribution in [0.5, 0.6) is 0 Å². The van der Waals surface area contributed by atoms with Gasteiger partial charge in [0.1, 0.15) is 0 Å². The zero-order chi connectivity index (χ0) is 13.8. The third kappa shape index (κ3) is 4.02. The Bertz CT molecular complexity index is 431. The molecular formula is C13H20BrN3OS. The predicted octanol–water partition coefficient (Wildman–Crippen LogP) is 1.76. The van der Waals surface area contributed by atoms with E-state index in [2.05, 4.69) is 32.2 Å². The highest BCUT2D eigenvalue weighted by Gasteiger charge is 2.25. The third-order valence-corrected chi connectivity index (χ3v) is 5.13. The van der Waals surface area contributed by atoms with Crippen molar-refractivity contribution >= 4 is 33.2 Å². The maximum Gasteiger partial charge on any atom is 0.239 e. The number of carbonyl (C=O) groups is 1. The molecule has 1 N–H and O–H groups in total. The van der Waals surface area contributed by atoms with E-state index in [1.54, 1.807) is 11.3 Å². The smallest absolute Gasteiger partial charge is 0.239 e. The molecule has 1 aromatic heterocycles. The zero-order valence-corrected chi connectivity index (χ0v) is 13.8. The first-order valence-corrected chi connectivity index (χ1v) is 8.18. The van der Waals surface area contributed by atoms with Crippen LogP contribution in [-0.4, -0.2) is 55.0 Å². The molecule has 1 saturated heterocycles. The van der Waals surface area contributed by atoms with Crippen LogP contribution in [0.3, 0.4) is 0 Å². The summed E-state index contributed by atoms with van der Waals surface area (Å²) in [5.41, 5.74) is 0. The van der Waals surface area contributed by atoms with Crippen LogP contribution < -0.4 is 5.32 Å². The first-order valence-electron chi connectivity index (χ1n) is 6.50. The van der Waals surface area contributed by atoms with Gasteiger partial charge in [0.2, 0.25) is 5.91 Å². The number of piperazine rings is 1. The molecule has 0 aromatic carbocycles. The Morgan fingerprint density at radius 2 is 2.26 bits per heavy atom. The average molecular weight is 346 g/mol. The highest BCUT2D eigenvalue weighted by molar-refractivity contribution is 9.10. The van der Waals surface area contributed by atoms with Gasteiger partial charge in [-0.1, -0.05) is 0 Å². The van der Waals surface area contributed by atoms with E-state index in [0.717, 1.165) is 30.7 Å². The summed E-state index contributed by atoms with van der Waals surface area (Å²) in [6.07, 6.45) is 0. The fraction of sp³-hybridized carbons (Fsp3) is 0.615. The largest absolute Gasteiger partial charge is 0.339 e. The molecule has 1 atom stereocenters. The summed E-state index contributed by atoms with van der Waals surface area (Å²) in [7, 11) is 1.88. The lowest BCUT2D eigenvalue weighted by Gasteiger charge is -2.33. The maximum absolute atomic E-state index is 12.4. The Morgan fingerprint density at radius 1 is 1.58 bits per heavy atom. The van der Waals surface area contributed by atoms with Crippen LogP contribution in [0.4, 0.5) is 0 Å². The Morgan fingerprint density at radius 3 is 2.84 bits per heavy atom. The lowest BCUT2D eigenvalue weighted by molar-refractivity contribution is -0.135. The molecule has 1 fully saturated rings. The van der Waals surface area contributed by atoms with Crippen LogP contribution in [0.2, 0.25) is 0 Å². The Labute approximate surface area is 126 Å². The zero-order valence-electron chi connectivity index (χ0n) is 11.4. The quantitative estimate of drug-likeness (QED) is 0.903. The molecule has 0 spiro atoms. The molecule has 0 aliphatic carbocycles. The van der Waals surface area contributed by atoms with Gasteiger partial charge in [-0.05, 0) is 28.9 Å². The first kappa shape index (κ1) is 15.0. The van der Waals surface area contributed by atoms with Crippen LogP contribution in [0, 0.1) is 0 Å². The van der Waals surface area contributed by atoms with Crippen molar-refractivity contribution in [2.24, 2.45) is 0 Å². The van der Waals surface area contributed by atoms with Crippen molar-refractivity contribution in [1.29, 1.82) is 0 Å². The molecule has 1 aliphatic rings. The second-order valence-electron chi connectivity index (χ2n) is 4.89. The van der Waals surface area contributed by atoms with Crippen LogP contribution >= 0.6 is 27.3 Å². The van der Waals surface area contributed by atoms with Gasteiger partial charge in [0.15, 0.2) is 0 Å².